The molecule has 0 saturated carbocycles. The molecule has 0 bridgehead atoms. The van der Waals surface area contributed by atoms with E-state index in [0.29, 0.717) is 5.56 Å². The highest BCUT2D eigenvalue weighted by Gasteiger charge is 2.10. The predicted molar refractivity (Wildman–Crippen MR) is 79.5 cm³/mol. The summed E-state index contributed by atoms with van der Waals surface area (Å²) in [5, 5.41) is 3.75. The fourth-order valence-electron chi connectivity index (χ4n) is 2.22. The number of nitrogens with two attached hydrogens (primary N) is 1. The molecular formula is C16H13N3O. The van der Waals surface area contributed by atoms with Crippen LogP contribution in [0.25, 0.3) is 22.3 Å². The fraction of sp³-hybridized carbons (Fsp3) is 0. The molecule has 4 heteroatoms. The normalized spacial score (nSPS) is 10.4. The highest BCUT2D eigenvalue weighted by molar-refractivity contribution is 5.82. The van der Waals surface area contributed by atoms with E-state index in [-0.39, 0.29) is 5.56 Å². The molecule has 20 heavy (non-hydrogen) atoms. The van der Waals surface area contributed by atoms with Gasteiger partial charge in [-0.25, -0.2) is 0 Å². The van der Waals surface area contributed by atoms with Gasteiger partial charge in [0, 0.05) is 0 Å². The minimum Gasteiger partial charge on any atom is -0.320 e. The van der Waals surface area contributed by atoms with Crippen LogP contribution in [0.5, 0.6) is 0 Å². The van der Waals surface area contributed by atoms with Crippen molar-refractivity contribution in [3.8, 4) is 22.3 Å². The Balaban J connectivity index is 2.26. The number of aromatic nitrogens is 2. The van der Waals surface area contributed by atoms with E-state index < -0.39 is 0 Å². The number of rotatable bonds is 2. The number of hydrogen-bond donors (Lipinski definition) is 1. The van der Waals surface area contributed by atoms with Gasteiger partial charge in [-0.2, -0.15) is 5.10 Å². The molecule has 0 aliphatic heterocycles. The third-order valence-corrected chi connectivity index (χ3v) is 3.17. The van der Waals surface area contributed by atoms with Crippen LogP contribution >= 0.6 is 0 Å². The van der Waals surface area contributed by atoms with Gasteiger partial charge in [-0.1, -0.05) is 54.6 Å². The van der Waals surface area contributed by atoms with Crippen molar-refractivity contribution in [3.05, 3.63) is 77.2 Å². The maximum atomic E-state index is 12.1. The van der Waals surface area contributed by atoms with Gasteiger partial charge < -0.3 is 5.84 Å². The van der Waals surface area contributed by atoms with Crippen LogP contribution in [0, 0.1) is 0 Å². The summed E-state index contributed by atoms with van der Waals surface area (Å²) >= 11 is 0. The Kier molecular flexibility index (Phi) is 3.05. The van der Waals surface area contributed by atoms with Crippen molar-refractivity contribution in [2.75, 3.05) is 5.84 Å². The summed E-state index contributed by atoms with van der Waals surface area (Å²) in [6, 6.07) is 19.4. The summed E-state index contributed by atoms with van der Waals surface area (Å²) < 4.78 is 0. The van der Waals surface area contributed by atoms with Crippen molar-refractivity contribution in [1.82, 2.24) is 9.89 Å². The molecule has 0 amide bonds. The molecule has 0 spiro atoms. The van der Waals surface area contributed by atoms with E-state index in [1.54, 1.807) is 6.07 Å². The van der Waals surface area contributed by atoms with Crippen molar-refractivity contribution < 1.29 is 0 Å². The molecule has 0 radical (unpaired) electrons. The maximum Gasteiger partial charge on any atom is 0.293 e. The average molecular weight is 263 g/mol. The Bertz CT molecular complexity index is 794. The monoisotopic (exact) mass is 263 g/mol. The minimum atomic E-state index is -0.309. The number of benzene rings is 2. The second-order valence-electron chi connectivity index (χ2n) is 4.41. The van der Waals surface area contributed by atoms with Crippen molar-refractivity contribution >= 4 is 0 Å². The summed E-state index contributed by atoms with van der Waals surface area (Å²) in [6.07, 6.45) is 1.53. The van der Waals surface area contributed by atoms with E-state index in [9.17, 15) is 4.79 Å². The first-order chi connectivity index (χ1) is 9.77. The first kappa shape index (κ1) is 12.2. The van der Waals surface area contributed by atoms with Crippen LogP contribution in [-0.4, -0.2) is 9.89 Å². The second kappa shape index (κ2) is 5.01. The van der Waals surface area contributed by atoms with E-state index in [0.717, 1.165) is 21.5 Å². The Morgan fingerprint density at radius 1 is 0.800 bits per heavy atom. The highest BCUT2D eigenvalue weighted by atomic mass is 16.1. The molecule has 0 saturated heterocycles. The lowest BCUT2D eigenvalue weighted by molar-refractivity contribution is 0.766. The molecule has 2 N–H and O–H groups in total. The first-order valence-electron chi connectivity index (χ1n) is 6.25. The van der Waals surface area contributed by atoms with Crippen molar-refractivity contribution in [2.45, 2.75) is 0 Å². The van der Waals surface area contributed by atoms with Crippen LogP contribution in [0.2, 0.25) is 0 Å². The lowest BCUT2D eigenvalue weighted by Gasteiger charge is -2.09. The Hall–Kier alpha value is -2.88. The second-order valence-corrected chi connectivity index (χ2v) is 4.41. The lowest BCUT2D eigenvalue weighted by atomic mass is 9.96. The topological polar surface area (TPSA) is 60.9 Å². The van der Waals surface area contributed by atoms with Crippen LogP contribution < -0.4 is 11.4 Å². The molecule has 1 heterocycles. The maximum absolute atomic E-state index is 12.1. The first-order valence-corrected chi connectivity index (χ1v) is 6.25. The molecular weight excluding hydrogens is 250 g/mol. The van der Waals surface area contributed by atoms with E-state index in [2.05, 4.69) is 5.10 Å². The molecule has 2 aromatic carbocycles. The Morgan fingerprint density at radius 3 is 2.20 bits per heavy atom. The summed E-state index contributed by atoms with van der Waals surface area (Å²) in [5.41, 5.74) is 3.14. The zero-order chi connectivity index (χ0) is 13.9. The highest BCUT2D eigenvalue weighted by Crippen LogP contribution is 2.29. The standard InChI is InChI=1S/C16H13N3O/c17-19-16(20)15(10-11-18-19)14-9-5-4-8-13(14)12-6-2-1-3-7-12/h1-11H,17H2. The summed E-state index contributed by atoms with van der Waals surface area (Å²) in [4.78, 5) is 13.0. The van der Waals surface area contributed by atoms with Gasteiger partial charge in [-0.05, 0) is 22.8 Å². The van der Waals surface area contributed by atoms with Gasteiger partial charge >= 0.3 is 0 Å². The molecule has 4 nitrogen and oxygen atoms in total. The van der Waals surface area contributed by atoms with E-state index in [1.165, 1.54) is 6.20 Å². The van der Waals surface area contributed by atoms with Gasteiger partial charge in [0.15, 0.2) is 0 Å². The molecule has 1 aromatic heterocycles. The van der Waals surface area contributed by atoms with Crippen molar-refractivity contribution in [2.24, 2.45) is 0 Å². The van der Waals surface area contributed by atoms with Gasteiger partial charge in [0.1, 0.15) is 0 Å². The fourth-order valence-corrected chi connectivity index (χ4v) is 2.22. The van der Waals surface area contributed by atoms with E-state index in [4.69, 9.17) is 5.84 Å². The van der Waals surface area contributed by atoms with Crippen LogP contribution in [0.4, 0.5) is 0 Å². The van der Waals surface area contributed by atoms with Gasteiger partial charge in [-0.15, -0.1) is 4.79 Å². The average Bonchev–Trinajstić information content (AvgIpc) is 2.51. The molecule has 0 unspecified atom stereocenters. The predicted octanol–water partition coefficient (Wildman–Crippen LogP) is 2.29. The SMILES string of the molecule is Nn1nccc(-c2ccccc2-c2ccccc2)c1=O. The van der Waals surface area contributed by atoms with Gasteiger partial charge in [0.2, 0.25) is 0 Å². The molecule has 0 fully saturated rings. The smallest absolute Gasteiger partial charge is 0.293 e. The van der Waals surface area contributed by atoms with Crippen LogP contribution in [0.15, 0.2) is 71.7 Å². The summed E-state index contributed by atoms with van der Waals surface area (Å²) in [5.74, 6) is 5.54. The molecule has 3 aromatic rings. The Morgan fingerprint density at radius 2 is 1.45 bits per heavy atom. The number of nitrogens with zero attached hydrogens (tertiary/aromatic N) is 2. The molecule has 0 aliphatic rings. The van der Waals surface area contributed by atoms with Gasteiger partial charge in [0.25, 0.3) is 5.56 Å². The molecule has 3 rings (SSSR count). The molecule has 0 atom stereocenters. The van der Waals surface area contributed by atoms with E-state index in [1.807, 2.05) is 54.6 Å². The van der Waals surface area contributed by atoms with Crippen LogP contribution in [-0.2, 0) is 0 Å². The van der Waals surface area contributed by atoms with Crippen molar-refractivity contribution in [3.63, 3.8) is 0 Å². The van der Waals surface area contributed by atoms with Crippen molar-refractivity contribution in [1.29, 1.82) is 0 Å². The lowest BCUT2D eigenvalue weighted by Crippen LogP contribution is -2.30. The molecule has 0 aliphatic carbocycles. The third kappa shape index (κ3) is 2.07. The van der Waals surface area contributed by atoms with Gasteiger partial charge in [0.05, 0.1) is 11.8 Å². The Labute approximate surface area is 116 Å². The quantitative estimate of drug-likeness (QED) is 0.722. The van der Waals surface area contributed by atoms with Gasteiger partial charge in [-0.3, -0.25) is 4.79 Å². The zero-order valence-corrected chi connectivity index (χ0v) is 10.7. The largest absolute Gasteiger partial charge is 0.320 e. The number of nitrogen functional groups attached to an aromatic ring is 1. The number of hydrogen-bond acceptors (Lipinski definition) is 3. The minimum absolute atomic E-state index is 0.309. The zero-order valence-electron chi connectivity index (χ0n) is 10.7. The summed E-state index contributed by atoms with van der Waals surface area (Å²) in [6.45, 7) is 0. The van der Waals surface area contributed by atoms with E-state index >= 15 is 0 Å². The van der Waals surface area contributed by atoms with Crippen LogP contribution in [0.3, 0.4) is 0 Å². The molecule has 98 valence electrons. The third-order valence-electron chi connectivity index (χ3n) is 3.17. The van der Waals surface area contributed by atoms with Crippen LogP contribution in [0.1, 0.15) is 0 Å². The summed E-state index contributed by atoms with van der Waals surface area (Å²) in [7, 11) is 0.